The number of hydrogen-bond acceptors (Lipinski definition) is 3. The molecule has 2 rings (SSSR count). The van der Waals surface area contributed by atoms with Gasteiger partial charge >= 0.3 is 0 Å². The second kappa shape index (κ2) is 6.73. The van der Waals surface area contributed by atoms with Crippen LogP contribution in [0.25, 0.3) is 0 Å². The summed E-state index contributed by atoms with van der Waals surface area (Å²) in [5.41, 5.74) is 1.73. The van der Waals surface area contributed by atoms with Gasteiger partial charge in [0.15, 0.2) is 0 Å². The zero-order valence-corrected chi connectivity index (χ0v) is 12.8. The van der Waals surface area contributed by atoms with Gasteiger partial charge in [-0.25, -0.2) is 4.98 Å². The third kappa shape index (κ3) is 3.30. The average Bonchev–Trinajstić information content (AvgIpc) is 2.47. The minimum absolute atomic E-state index is 0.147. The molecule has 1 N–H and O–H groups in total. The van der Waals surface area contributed by atoms with Crippen molar-refractivity contribution in [1.29, 1.82) is 0 Å². The Bertz CT molecular complexity index is 473. The largest absolute Gasteiger partial charge is 0.370 e. The fourth-order valence-corrected chi connectivity index (χ4v) is 2.73. The van der Waals surface area contributed by atoms with E-state index in [1.54, 1.807) is 0 Å². The molecule has 0 radical (unpaired) electrons. The van der Waals surface area contributed by atoms with Gasteiger partial charge in [0.1, 0.15) is 5.82 Å². The summed E-state index contributed by atoms with van der Waals surface area (Å²) in [5, 5.41) is 3.21. The van der Waals surface area contributed by atoms with Gasteiger partial charge in [0.2, 0.25) is 0 Å². The molecule has 1 aliphatic rings. The number of pyridine rings is 1. The number of amides is 1. The third-order valence-corrected chi connectivity index (χ3v) is 3.91. The van der Waals surface area contributed by atoms with Crippen molar-refractivity contribution >= 4 is 11.7 Å². The Kier molecular flexibility index (Phi) is 4.99. The van der Waals surface area contributed by atoms with Crippen molar-refractivity contribution < 1.29 is 4.79 Å². The van der Waals surface area contributed by atoms with Gasteiger partial charge in [-0.1, -0.05) is 6.92 Å². The maximum Gasteiger partial charge on any atom is 0.254 e. The maximum absolute atomic E-state index is 12.7. The zero-order valence-electron chi connectivity index (χ0n) is 12.8. The molecule has 1 fully saturated rings. The lowest BCUT2D eigenvalue weighted by Crippen LogP contribution is -2.42. The summed E-state index contributed by atoms with van der Waals surface area (Å²) in [4.78, 5) is 19.2. The van der Waals surface area contributed by atoms with Gasteiger partial charge in [0, 0.05) is 30.4 Å². The minimum Gasteiger partial charge on any atom is -0.370 e. The first-order chi connectivity index (χ1) is 9.65. The monoisotopic (exact) mass is 275 g/mol. The molecule has 0 aromatic carbocycles. The van der Waals surface area contributed by atoms with E-state index in [9.17, 15) is 4.79 Å². The second-order valence-corrected chi connectivity index (χ2v) is 5.46. The molecule has 20 heavy (non-hydrogen) atoms. The SMILES string of the molecule is CCNc1cc(C(=O)N2CCCCC2C)cc(CC)n1. The van der Waals surface area contributed by atoms with Crippen LogP contribution >= 0.6 is 0 Å². The molecule has 1 amide bonds. The van der Waals surface area contributed by atoms with Gasteiger partial charge in [0.05, 0.1) is 0 Å². The number of carbonyl (C=O) groups is 1. The van der Waals surface area contributed by atoms with E-state index in [4.69, 9.17) is 0 Å². The number of carbonyl (C=O) groups excluding carboxylic acids is 1. The lowest BCUT2D eigenvalue weighted by Gasteiger charge is -2.33. The average molecular weight is 275 g/mol. The van der Waals surface area contributed by atoms with Crippen LogP contribution in [0.1, 0.15) is 56.1 Å². The predicted octanol–water partition coefficient (Wildman–Crippen LogP) is 3.09. The van der Waals surface area contributed by atoms with Crippen LogP contribution in [-0.4, -0.2) is 34.9 Å². The molecule has 2 heterocycles. The molecule has 1 unspecified atom stereocenters. The first-order valence-electron chi connectivity index (χ1n) is 7.71. The van der Waals surface area contributed by atoms with E-state index < -0.39 is 0 Å². The van der Waals surface area contributed by atoms with Crippen LogP contribution < -0.4 is 5.32 Å². The summed E-state index contributed by atoms with van der Waals surface area (Å²) in [6.45, 7) is 7.93. The van der Waals surface area contributed by atoms with E-state index in [1.807, 2.05) is 24.0 Å². The fourth-order valence-electron chi connectivity index (χ4n) is 2.73. The first-order valence-corrected chi connectivity index (χ1v) is 7.71. The normalized spacial score (nSPS) is 18.9. The van der Waals surface area contributed by atoms with E-state index in [1.165, 1.54) is 6.42 Å². The van der Waals surface area contributed by atoms with Crippen molar-refractivity contribution in [2.75, 3.05) is 18.4 Å². The minimum atomic E-state index is 0.147. The molecule has 0 bridgehead atoms. The van der Waals surface area contributed by atoms with Gasteiger partial charge in [-0.05, 0) is 51.7 Å². The highest BCUT2D eigenvalue weighted by Gasteiger charge is 2.24. The van der Waals surface area contributed by atoms with Crippen LogP contribution in [0.4, 0.5) is 5.82 Å². The van der Waals surface area contributed by atoms with Crippen LogP contribution in [0.5, 0.6) is 0 Å². The van der Waals surface area contributed by atoms with Crippen molar-refractivity contribution in [1.82, 2.24) is 9.88 Å². The summed E-state index contributed by atoms with van der Waals surface area (Å²) in [6.07, 6.45) is 4.29. The van der Waals surface area contributed by atoms with Crippen LogP contribution in [0, 0.1) is 0 Å². The van der Waals surface area contributed by atoms with Crippen molar-refractivity contribution in [3.63, 3.8) is 0 Å². The van der Waals surface area contributed by atoms with Gasteiger partial charge in [-0.3, -0.25) is 4.79 Å². The lowest BCUT2D eigenvalue weighted by atomic mass is 10.0. The number of nitrogens with one attached hydrogen (secondary N) is 1. The number of likely N-dealkylation sites (tertiary alicyclic amines) is 1. The lowest BCUT2D eigenvalue weighted by molar-refractivity contribution is 0.0635. The van der Waals surface area contributed by atoms with Crippen LogP contribution in [0.3, 0.4) is 0 Å². The van der Waals surface area contributed by atoms with Crippen molar-refractivity contribution in [3.8, 4) is 0 Å². The summed E-state index contributed by atoms with van der Waals surface area (Å²) in [7, 11) is 0. The van der Waals surface area contributed by atoms with Crippen LogP contribution in [0.2, 0.25) is 0 Å². The summed E-state index contributed by atoms with van der Waals surface area (Å²) in [6, 6.07) is 4.16. The number of hydrogen-bond donors (Lipinski definition) is 1. The molecular formula is C16H25N3O. The fraction of sp³-hybridized carbons (Fsp3) is 0.625. The molecule has 0 saturated carbocycles. The van der Waals surface area contributed by atoms with Crippen LogP contribution in [-0.2, 0) is 6.42 Å². The molecule has 4 nitrogen and oxygen atoms in total. The molecule has 1 aromatic rings. The van der Waals surface area contributed by atoms with E-state index >= 15 is 0 Å². The Hall–Kier alpha value is -1.58. The van der Waals surface area contributed by atoms with Crippen molar-refractivity contribution in [2.24, 2.45) is 0 Å². The Morgan fingerprint density at radius 1 is 1.40 bits per heavy atom. The Labute approximate surface area is 121 Å². The highest BCUT2D eigenvalue weighted by Crippen LogP contribution is 2.21. The number of aryl methyl sites for hydroxylation is 1. The number of piperidine rings is 1. The zero-order chi connectivity index (χ0) is 14.5. The molecule has 4 heteroatoms. The van der Waals surface area contributed by atoms with Gasteiger partial charge < -0.3 is 10.2 Å². The molecule has 0 aliphatic carbocycles. The third-order valence-electron chi connectivity index (χ3n) is 3.91. The number of rotatable bonds is 4. The smallest absolute Gasteiger partial charge is 0.254 e. The summed E-state index contributed by atoms with van der Waals surface area (Å²) >= 11 is 0. The molecule has 110 valence electrons. The van der Waals surface area contributed by atoms with E-state index in [2.05, 4.69) is 24.1 Å². The highest BCUT2D eigenvalue weighted by molar-refractivity contribution is 5.95. The van der Waals surface area contributed by atoms with Gasteiger partial charge in [-0.15, -0.1) is 0 Å². The first kappa shape index (κ1) is 14.8. The van der Waals surface area contributed by atoms with Crippen molar-refractivity contribution in [2.45, 2.75) is 52.5 Å². The molecule has 1 saturated heterocycles. The topological polar surface area (TPSA) is 45.2 Å². The Morgan fingerprint density at radius 3 is 2.85 bits per heavy atom. The van der Waals surface area contributed by atoms with E-state index in [0.717, 1.165) is 49.4 Å². The van der Waals surface area contributed by atoms with Crippen LogP contribution in [0.15, 0.2) is 12.1 Å². The second-order valence-electron chi connectivity index (χ2n) is 5.46. The Balaban J connectivity index is 2.25. The Morgan fingerprint density at radius 2 is 2.20 bits per heavy atom. The summed E-state index contributed by atoms with van der Waals surface area (Å²) < 4.78 is 0. The van der Waals surface area contributed by atoms with E-state index in [0.29, 0.717) is 6.04 Å². The highest BCUT2D eigenvalue weighted by atomic mass is 16.2. The van der Waals surface area contributed by atoms with Crippen molar-refractivity contribution in [3.05, 3.63) is 23.4 Å². The molecule has 1 aliphatic heterocycles. The quantitative estimate of drug-likeness (QED) is 0.918. The summed E-state index contributed by atoms with van der Waals surface area (Å²) in [5.74, 6) is 0.952. The molecular weight excluding hydrogens is 250 g/mol. The number of anilines is 1. The predicted molar refractivity (Wildman–Crippen MR) is 82.1 cm³/mol. The molecule has 1 atom stereocenters. The standard InChI is InChI=1S/C16H25N3O/c1-4-14-10-13(11-15(18-14)17-5-2)16(20)19-9-7-6-8-12(19)3/h10-12H,4-9H2,1-3H3,(H,17,18). The number of nitrogens with zero attached hydrogens (tertiary/aromatic N) is 2. The maximum atomic E-state index is 12.7. The van der Waals surface area contributed by atoms with E-state index in [-0.39, 0.29) is 5.91 Å². The van der Waals surface area contributed by atoms with Gasteiger partial charge in [0.25, 0.3) is 5.91 Å². The molecule has 1 aromatic heterocycles. The number of aromatic nitrogens is 1. The van der Waals surface area contributed by atoms with Gasteiger partial charge in [-0.2, -0.15) is 0 Å². The molecule has 0 spiro atoms.